The van der Waals surface area contributed by atoms with Crippen LogP contribution >= 0.6 is 0 Å². The van der Waals surface area contributed by atoms with E-state index in [0.29, 0.717) is 4.90 Å². The first kappa shape index (κ1) is 16.7. The summed E-state index contributed by atoms with van der Waals surface area (Å²) in [4.78, 5) is 7.16. The number of fused-ring (bicyclic) bond motifs is 1. The van der Waals surface area contributed by atoms with Gasteiger partial charge in [0.1, 0.15) is 5.65 Å². The van der Waals surface area contributed by atoms with Crippen LogP contribution < -0.4 is 0 Å². The van der Waals surface area contributed by atoms with Crippen molar-refractivity contribution in [2.75, 3.05) is 13.3 Å². The molecular weight excluding hydrogens is 322 g/mol. The van der Waals surface area contributed by atoms with Crippen molar-refractivity contribution >= 4 is 15.5 Å². The molecule has 24 heavy (non-hydrogen) atoms. The van der Waals surface area contributed by atoms with Crippen molar-refractivity contribution in [3.8, 4) is 0 Å². The van der Waals surface area contributed by atoms with Gasteiger partial charge in [0, 0.05) is 31.2 Å². The highest BCUT2D eigenvalue weighted by molar-refractivity contribution is 7.90. The Morgan fingerprint density at radius 2 is 1.88 bits per heavy atom. The Kier molecular flexibility index (Phi) is 4.43. The SMILES string of the molecule is C[C@@H](c1ccc(S(C)(=O)=O)cc1)N(C)Cc1cn2ccccc2n1. The number of rotatable bonds is 5. The average Bonchev–Trinajstić information content (AvgIpc) is 2.95. The predicted octanol–water partition coefficient (Wildman–Crippen LogP) is 2.93. The molecule has 1 aromatic carbocycles. The van der Waals surface area contributed by atoms with Gasteiger partial charge in [0.2, 0.25) is 0 Å². The highest BCUT2D eigenvalue weighted by atomic mass is 32.2. The van der Waals surface area contributed by atoms with Gasteiger partial charge >= 0.3 is 0 Å². The molecule has 0 unspecified atom stereocenters. The highest BCUT2D eigenvalue weighted by Gasteiger charge is 2.15. The normalized spacial score (nSPS) is 13.5. The van der Waals surface area contributed by atoms with Crippen LogP contribution in [0.3, 0.4) is 0 Å². The second-order valence-corrected chi connectivity index (χ2v) is 8.15. The summed E-state index contributed by atoms with van der Waals surface area (Å²) in [5.41, 5.74) is 3.02. The van der Waals surface area contributed by atoms with E-state index in [2.05, 4.69) is 16.8 Å². The van der Waals surface area contributed by atoms with Gasteiger partial charge in [-0.25, -0.2) is 13.4 Å². The fourth-order valence-corrected chi connectivity index (χ4v) is 3.33. The second-order valence-electron chi connectivity index (χ2n) is 6.13. The molecule has 3 aromatic rings. The standard InChI is InChI=1S/C18H21N3O2S/c1-14(15-7-9-17(10-8-15)24(3,22)23)20(2)12-16-13-21-11-5-4-6-18(21)19-16/h4-11,13-14H,12H2,1-3H3/t14-/m0/s1. The zero-order valence-corrected chi connectivity index (χ0v) is 14.9. The number of aromatic nitrogens is 2. The Labute approximate surface area is 142 Å². The minimum Gasteiger partial charge on any atom is -0.307 e. The summed E-state index contributed by atoms with van der Waals surface area (Å²) in [6.45, 7) is 2.82. The van der Waals surface area contributed by atoms with Crippen LogP contribution in [0.25, 0.3) is 5.65 Å². The molecule has 3 rings (SSSR count). The van der Waals surface area contributed by atoms with E-state index < -0.39 is 9.84 Å². The van der Waals surface area contributed by atoms with Crippen molar-refractivity contribution in [2.24, 2.45) is 0 Å². The largest absolute Gasteiger partial charge is 0.307 e. The summed E-state index contributed by atoms with van der Waals surface area (Å²) in [5.74, 6) is 0. The van der Waals surface area contributed by atoms with Gasteiger partial charge in [-0.1, -0.05) is 18.2 Å². The molecule has 2 heterocycles. The monoisotopic (exact) mass is 343 g/mol. The quantitative estimate of drug-likeness (QED) is 0.715. The molecule has 0 aliphatic carbocycles. The molecule has 5 nitrogen and oxygen atoms in total. The van der Waals surface area contributed by atoms with E-state index in [1.165, 1.54) is 6.26 Å². The van der Waals surface area contributed by atoms with Gasteiger partial charge in [0.05, 0.1) is 10.6 Å². The van der Waals surface area contributed by atoms with Crippen molar-refractivity contribution < 1.29 is 8.42 Å². The molecule has 2 aromatic heterocycles. The lowest BCUT2D eigenvalue weighted by Crippen LogP contribution is -2.22. The van der Waals surface area contributed by atoms with Crippen molar-refractivity contribution in [1.29, 1.82) is 0 Å². The zero-order valence-electron chi connectivity index (χ0n) is 14.0. The van der Waals surface area contributed by atoms with Crippen LogP contribution in [0.5, 0.6) is 0 Å². The summed E-state index contributed by atoms with van der Waals surface area (Å²) >= 11 is 0. The number of benzene rings is 1. The Morgan fingerprint density at radius 3 is 2.50 bits per heavy atom. The van der Waals surface area contributed by atoms with Gasteiger partial charge in [-0.15, -0.1) is 0 Å². The van der Waals surface area contributed by atoms with Crippen LogP contribution in [0.4, 0.5) is 0 Å². The van der Waals surface area contributed by atoms with E-state index in [9.17, 15) is 8.42 Å². The van der Waals surface area contributed by atoms with Crippen LogP contribution in [0.2, 0.25) is 0 Å². The Balaban J connectivity index is 1.75. The summed E-state index contributed by atoms with van der Waals surface area (Å²) in [6.07, 6.45) is 5.24. The van der Waals surface area contributed by atoms with Crippen LogP contribution in [0, 0.1) is 0 Å². The van der Waals surface area contributed by atoms with Gasteiger partial charge in [-0.05, 0) is 43.8 Å². The molecule has 0 N–H and O–H groups in total. The van der Waals surface area contributed by atoms with Crippen LogP contribution in [0.1, 0.15) is 24.2 Å². The minimum absolute atomic E-state index is 0.156. The number of nitrogens with zero attached hydrogens (tertiary/aromatic N) is 3. The first-order chi connectivity index (χ1) is 11.3. The van der Waals surface area contributed by atoms with Gasteiger partial charge < -0.3 is 4.40 Å². The number of pyridine rings is 1. The van der Waals surface area contributed by atoms with Gasteiger partial charge in [-0.2, -0.15) is 0 Å². The van der Waals surface area contributed by atoms with Gasteiger partial charge in [0.25, 0.3) is 0 Å². The van der Waals surface area contributed by atoms with E-state index in [-0.39, 0.29) is 6.04 Å². The summed E-state index contributed by atoms with van der Waals surface area (Å²) in [5, 5.41) is 0. The second kappa shape index (κ2) is 6.37. The van der Waals surface area contributed by atoms with Crippen molar-refractivity contribution in [2.45, 2.75) is 24.4 Å². The third kappa shape index (κ3) is 3.49. The summed E-state index contributed by atoms with van der Waals surface area (Å²) < 4.78 is 25.1. The average molecular weight is 343 g/mol. The Morgan fingerprint density at radius 1 is 1.17 bits per heavy atom. The van der Waals surface area contributed by atoms with E-state index >= 15 is 0 Å². The number of hydrogen-bond donors (Lipinski definition) is 0. The first-order valence-corrected chi connectivity index (χ1v) is 9.66. The maximum absolute atomic E-state index is 11.6. The lowest BCUT2D eigenvalue weighted by molar-refractivity contribution is 0.250. The Bertz CT molecular complexity index is 913. The molecule has 0 fully saturated rings. The number of imidazole rings is 1. The molecule has 6 heteroatoms. The van der Waals surface area contributed by atoms with Crippen molar-refractivity contribution in [1.82, 2.24) is 14.3 Å². The van der Waals surface area contributed by atoms with E-state index in [1.54, 1.807) is 12.1 Å². The number of hydrogen-bond acceptors (Lipinski definition) is 4. The summed E-state index contributed by atoms with van der Waals surface area (Å²) in [6, 6.07) is 13.2. The van der Waals surface area contributed by atoms with Crippen LogP contribution in [-0.4, -0.2) is 36.0 Å². The van der Waals surface area contributed by atoms with E-state index in [0.717, 1.165) is 23.4 Å². The zero-order chi connectivity index (χ0) is 17.3. The topological polar surface area (TPSA) is 54.7 Å². The molecule has 0 aliphatic heterocycles. The predicted molar refractivity (Wildman–Crippen MR) is 94.6 cm³/mol. The van der Waals surface area contributed by atoms with E-state index in [1.807, 2.05) is 54.2 Å². The molecule has 0 amide bonds. The lowest BCUT2D eigenvalue weighted by atomic mass is 10.1. The molecule has 1 atom stereocenters. The smallest absolute Gasteiger partial charge is 0.175 e. The van der Waals surface area contributed by atoms with Gasteiger partial charge in [0.15, 0.2) is 9.84 Å². The van der Waals surface area contributed by atoms with Crippen molar-refractivity contribution in [3.05, 3.63) is 66.1 Å². The Hall–Kier alpha value is -2.18. The van der Waals surface area contributed by atoms with Crippen molar-refractivity contribution in [3.63, 3.8) is 0 Å². The third-order valence-electron chi connectivity index (χ3n) is 4.28. The fourth-order valence-electron chi connectivity index (χ4n) is 2.70. The van der Waals surface area contributed by atoms with Crippen LogP contribution in [0.15, 0.2) is 59.8 Å². The molecule has 0 saturated heterocycles. The van der Waals surface area contributed by atoms with E-state index in [4.69, 9.17) is 0 Å². The first-order valence-electron chi connectivity index (χ1n) is 7.77. The third-order valence-corrected chi connectivity index (χ3v) is 5.41. The number of sulfone groups is 1. The molecular formula is C18H21N3O2S. The molecule has 0 aliphatic rings. The maximum Gasteiger partial charge on any atom is 0.175 e. The van der Waals surface area contributed by atoms with Crippen LogP contribution in [-0.2, 0) is 16.4 Å². The maximum atomic E-state index is 11.6. The molecule has 126 valence electrons. The summed E-state index contributed by atoms with van der Waals surface area (Å²) in [7, 11) is -1.11. The van der Waals surface area contributed by atoms with Gasteiger partial charge in [-0.3, -0.25) is 4.90 Å². The highest BCUT2D eigenvalue weighted by Crippen LogP contribution is 2.22. The molecule has 0 spiro atoms. The molecule has 0 saturated carbocycles. The lowest BCUT2D eigenvalue weighted by Gasteiger charge is -2.24. The molecule has 0 bridgehead atoms. The fraction of sp³-hybridized carbons (Fsp3) is 0.278. The minimum atomic E-state index is -3.16. The molecule has 0 radical (unpaired) electrons.